The molecule has 0 atom stereocenters. The largest absolute Gasteiger partial charge is 0.353 e. The molecular weight excluding hydrogens is 437 g/mol. The van der Waals surface area contributed by atoms with Crippen molar-refractivity contribution >= 4 is 30.7 Å². The normalized spacial score (nSPS) is 15.1. The van der Waals surface area contributed by atoms with Crippen LogP contribution in [0.25, 0.3) is 6.08 Å². The van der Waals surface area contributed by atoms with Gasteiger partial charge in [-0.05, 0) is 53.5 Å². The van der Waals surface area contributed by atoms with E-state index in [2.05, 4.69) is 75.6 Å². The maximum absolute atomic E-state index is 12.0. The molecule has 34 heavy (non-hydrogen) atoms. The smallest absolute Gasteiger partial charge is 0.243 e. The molecule has 1 saturated heterocycles. The van der Waals surface area contributed by atoms with Gasteiger partial charge in [-0.25, -0.2) is 0 Å². The Bertz CT molecular complexity index is 980. The summed E-state index contributed by atoms with van der Waals surface area (Å²) in [7, 11) is -0.459. The fourth-order valence-electron chi connectivity index (χ4n) is 4.50. The summed E-state index contributed by atoms with van der Waals surface area (Å²) in [6.45, 7) is 3.06. The Balaban J connectivity index is 1.18. The summed E-state index contributed by atoms with van der Waals surface area (Å²) in [5.74, 6) is 0.758. The number of unbranched alkanes of at least 4 members (excludes halogenated alkanes) is 1. The standard InChI is InChI=1S/C29H34N3OP/c33-29(17-16-26-11-9-20-30-24-26)31-21-8-7-10-25-18-22-32(23-19-25)34(27-12-3-1-4-13-27)28-14-5-2-6-15-28/h1-6,9,11-17,20,24-25H,7-8,10,18-19,21-23H2,(H,31,33). The number of benzene rings is 2. The van der Waals surface area contributed by atoms with Crippen molar-refractivity contribution in [2.24, 2.45) is 5.92 Å². The number of hydrogen-bond donors (Lipinski definition) is 1. The van der Waals surface area contributed by atoms with E-state index >= 15 is 0 Å². The van der Waals surface area contributed by atoms with Crippen molar-refractivity contribution < 1.29 is 4.79 Å². The first-order valence-corrected chi connectivity index (χ1v) is 13.6. The maximum atomic E-state index is 12.0. The van der Waals surface area contributed by atoms with E-state index in [1.54, 1.807) is 24.5 Å². The Morgan fingerprint density at radius 3 is 2.24 bits per heavy atom. The molecule has 1 aliphatic heterocycles. The van der Waals surface area contributed by atoms with Crippen molar-refractivity contribution in [2.45, 2.75) is 32.1 Å². The van der Waals surface area contributed by atoms with Crippen molar-refractivity contribution in [3.05, 3.63) is 96.8 Å². The molecule has 1 N–H and O–H groups in total. The number of carbonyl (C=O) groups excluding carboxylic acids is 1. The lowest BCUT2D eigenvalue weighted by molar-refractivity contribution is -0.116. The zero-order valence-corrected chi connectivity index (χ0v) is 20.6. The number of pyridine rings is 1. The van der Waals surface area contributed by atoms with Gasteiger partial charge in [-0.1, -0.05) is 79.6 Å². The minimum absolute atomic E-state index is 0.0349. The van der Waals surface area contributed by atoms with E-state index in [0.717, 1.165) is 37.5 Å². The highest BCUT2D eigenvalue weighted by Crippen LogP contribution is 2.41. The molecule has 0 aliphatic carbocycles. The van der Waals surface area contributed by atoms with Crippen LogP contribution in [0.15, 0.2) is 91.3 Å². The summed E-state index contributed by atoms with van der Waals surface area (Å²) >= 11 is 0. The minimum Gasteiger partial charge on any atom is -0.353 e. The first-order valence-electron chi connectivity index (χ1n) is 12.3. The molecule has 0 radical (unpaired) electrons. The zero-order valence-electron chi connectivity index (χ0n) is 19.7. The molecule has 176 valence electrons. The number of carbonyl (C=O) groups is 1. The third kappa shape index (κ3) is 7.35. The van der Waals surface area contributed by atoms with E-state index in [1.807, 2.05) is 12.1 Å². The molecule has 2 aromatic carbocycles. The second-order valence-electron chi connectivity index (χ2n) is 8.79. The number of rotatable bonds is 10. The van der Waals surface area contributed by atoms with Crippen LogP contribution in [0.1, 0.15) is 37.7 Å². The fraction of sp³-hybridized carbons (Fsp3) is 0.310. The van der Waals surface area contributed by atoms with Gasteiger partial charge in [-0.15, -0.1) is 0 Å². The van der Waals surface area contributed by atoms with Crippen molar-refractivity contribution in [1.29, 1.82) is 0 Å². The van der Waals surface area contributed by atoms with Crippen molar-refractivity contribution in [3.63, 3.8) is 0 Å². The van der Waals surface area contributed by atoms with Crippen LogP contribution in [-0.2, 0) is 4.79 Å². The van der Waals surface area contributed by atoms with Gasteiger partial charge in [0.2, 0.25) is 5.91 Å². The number of nitrogens with one attached hydrogen (secondary N) is 1. The second kappa shape index (κ2) is 13.2. The molecule has 4 rings (SSSR count). The monoisotopic (exact) mass is 471 g/mol. The summed E-state index contributed by atoms with van der Waals surface area (Å²) in [5, 5.41) is 5.88. The third-order valence-electron chi connectivity index (χ3n) is 6.33. The third-order valence-corrected chi connectivity index (χ3v) is 8.87. The summed E-state index contributed by atoms with van der Waals surface area (Å²) in [5.41, 5.74) is 0.937. The highest BCUT2D eigenvalue weighted by atomic mass is 31.1. The molecule has 1 aromatic heterocycles. The van der Waals surface area contributed by atoms with E-state index in [1.165, 1.54) is 36.3 Å². The highest BCUT2D eigenvalue weighted by Gasteiger charge is 2.27. The lowest BCUT2D eigenvalue weighted by atomic mass is 9.92. The highest BCUT2D eigenvalue weighted by molar-refractivity contribution is 7.70. The number of hydrogen-bond acceptors (Lipinski definition) is 3. The van der Waals surface area contributed by atoms with Crippen LogP contribution in [0.4, 0.5) is 0 Å². The van der Waals surface area contributed by atoms with Gasteiger partial charge in [0.25, 0.3) is 0 Å². The molecule has 3 aromatic rings. The van der Waals surface area contributed by atoms with Gasteiger partial charge in [-0.2, -0.15) is 0 Å². The minimum atomic E-state index is -0.459. The van der Waals surface area contributed by atoms with Crippen LogP contribution in [0.3, 0.4) is 0 Å². The van der Waals surface area contributed by atoms with Crippen LogP contribution < -0.4 is 15.9 Å². The molecule has 0 unspecified atom stereocenters. The fourth-order valence-corrected chi connectivity index (χ4v) is 6.99. The molecule has 1 aliphatic rings. The van der Waals surface area contributed by atoms with E-state index < -0.39 is 8.07 Å². The Labute approximate surface area is 204 Å². The number of piperidine rings is 1. The van der Waals surface area contributed by atoms with Crippen LogP contribution >= 0.6 is 8.07 Å². The van der Waals surface area contributed by atoms with Crippen LogP contribution in [0, 0.1) is 5.92 Å². The van der Waals surface area contributed by atoms with Gasteiger partial charge < -0.3 is 5.32 Å². The van der Waals surface area contributed by atoms with Gasteiger partial charge in [0, 0.05) is 46.2 Å². The quantitative estimate of drug-likeness (QED) is 0.253. The second-order valence-corrected chi connectivity index (χ2v) is 11.0. The lowest BCUT2D eigenvalue weighted by Gasteiger charge is -2.38. The van der Waals surface area contributed by atoms with Crippen LogP contribution in [0.2, 0.25) is 0 Å². The summed E-state index contributed by atoms with van der Waals surface area (Å²) in [6.07, 6.45) is 12.9. The van der Waals surface area contributed by atoms with E-state index in [9.17, 15) is 4.79 Å². The van der Waals surface area contributed by atoms with Crippen LogP contribution in [-0.4, -0.2) is 35.2 Å². The summed E-state index contributed by atoms with van der Waals surface area (Å²) in [6, 6.07) is 25.8. The van der Waals surface area contributed by atoms with Crippen LogP contribution in [0.5, 0.6) is 0 Å². The molecular formula is C29H34N3OP. The first-order chi connectivity index (χ1) is 16.8. The Hall–Kier alpha value is -2.81. The molecule has 0 spiro atoms. The van der Waals surface area contributed by atoms with Gasteiger partial charge in [0.1, 0.15) is 0 Å². The zero-order chi connectivity index (χ0) is 23.4. The average Bonchev–Trinajstić information content (AvgIpc) is 2.90. The molecule has 4 nitrogen and oxygen atoms in total. The number of nitrogens with zero attached hydrogens (tertiary/aromatic N) is 2. The topological polar surface area (TPSA) is 45.2 Å². The maximum Gasteiger partial charge on any atom is 0.243 e. The predicted octanol–water partition coefficient (Wildman–Crippen LogP) is 5.14. The molecule has 0 saturated carbocycles. The summed E-state index contributed by atoms with van der Waals surface area (Å²) < 4.78 is 2.71. The molecule has 2 heterocycles. The number of aromatic nitrogens is 1. The molecule has 0 bridgehead atoms. The average molecular weight is 472 g/mol. The van der Waals surface area contributed by atoms with Gasteiger partial charge in [0.05, 0.1) is 0 Å². The molecule has 5 heteroatoms. The molecule has 1 fully saturated rings. The summed E-state index contributed by atoms with van der Waals surface area (Å²) in [4.78, 5) is 16.0. The number of amides is 1. The van der Waals surface area contributed by atoms with Crippen molar-refractivity contribution in [3.8, 4) is 0 Å². The molecule has 1 amide bonds. The van der Waals surface area contributed by atoms with E-state index in [0.29, 0.717) is 0 Å². The van der Waals surface area contributed by atoms with E-state index in [-0.39, 0.29) is 5.91 Å². The Kier molecular flexibility index (Phi) is 9.42. The van der Waals surface area contributed by atoms with Gasteiger partial charge in [-0.3, -0.25) is 14.4 Å². The first kappa shape index (κ1) is 24.3. The Morgan fingerprint density at radius 2 is 1.62 bits per heavy atom. The van der Waals surface area contributed by atoms with Crippen molar-refractivity contribution in [1.82, 2.24) is 15.0 Å². The Morgan fingerprint density at radius 1 is 0.941 bits per heavy atom. The van der Waals surface area contributed by atoms with E-state index in [4.69, 9.17) is 0 Å². The van der Waals surface area contributed by atoms with Gasteiger partial charge >= 0.3 is 0 Å². The van der Waals surface area contributed by atoms with Crippen molar-refractivity contribution in [2.75, 3.05) is 19.6 Å². The SMILES string of the molecule is O=C(C=Cc1cccnc1)NCCCCC1CCN(P(c2ccccc2)c2ccccc2)CC1. The predicted molar refractivity (Wildman–Crippen MR) is 144 cm³/mol. The lowest BCUT2D eigenvalue weighted by Crippen LogP contribution is -2.35. The van der Waals surface area contributed by atoms with Gasteiger partial charge in [0.15, 0.2) is 0 Å².